The van der Waals surface area contributed by atoms with E-state index in [9.17, 15) is 18.4 Å². The van der Waals surface area contributed by atoms with Crippen molar-refractivity contribution in [1.29, 1.82) is 0 Å². The molecule has 3 saturated carbocycles. The summed E-state index contributed by atoms with van der Waals surface area (Å²) in [6.07, 6.45) is 12.0. The maximum Gasteiger partial charge on any atom is 0.264 e. The zero-order valence-corrected chi connectivity index (χ0v) is 39.2. The largest absolute Gasteiger partial charge is 0.489 e. The number of likely N-dealkylation sites (tertiary alicyclic amines) is 2. The zero-order valence-electron chi connectivity index (χ0n) is 35.3. The van der Waals surface area contributed by atoms with Crippen molar-refractivity contribution in [1.82, 2.24) is 19.2 Å². The van der Waals surface area contributed by atoms with Gasteiger partial charge in [0.2, 0.25) is 0 Å². The second-order valence-corrected chi connectivity index (χ2v) is 20.3. The molecule has 0 radical (unpaired) electrons. The molecule has 63 heavy (non-hydrogen) atoms. The maximum atomic E-state index is 14.9. The van der Waals surface area contributed by atoms with Gasteiger partial charge in [-0.2, -0.15) is 0 Å². The molecule has 9 rings (SSSR count). The lowest BCUT2D eigenvalue weighted by molar-refractivity contribution is 0.0830. The number of piperidine rings is 2. The third-order valence-corrected chi connectivity index (χ3v) is 14.3. The fourth-order valence-corrected chi connectivity index (χ4v) is 10.0. The van der Waals surface area contributed by atoms with Gasteiger partial charge in [0, 0.05) is 64.9 Å². The van der Waals surface area contributed by atoms with Crippen LogP contribution in [0.3, 0.4) is 0 Å². The van der Waals surface area contributed by atoms with Crippen LogP contribution in [0.5, 0.6) is 11.5 Å². The molecule has 4 aromatic carbocycles. The smallest absolute Gasteiger partial charge is 0.264 e. The second-order valence-electron chi connectivity index (χ2n) is 17.3. The number of nitrogens with one attached hydrogen (secondary N) is 2. The number of hydrogen-bond acceptors (Lipinski definition) is 8. The van der Waals surface area contributed by atoms with Crippen molar-refractivity contribution in [2.24, 2.45) is 0 Å². The molecule has 4 aromatic rings. The normalized spacial score (nSPS) is 20.3. The predicted octanol–water partition coefficient (Wildman–Crippen LogP) is 12.0. The van der Waals surface area contributed by atoms with Crippen LogP contribution in [0.2, 0.25) is 15.1 Å². The van der Waals surface area contributed by atoms with Crippen molar-refractivity contribution in [3.8, 4) is 11.5 Å². The standard InChI is InChI=1S/C25H28ClFN2O2S.C23H25Cl2FN2O2S/c26-18-4-1-3-16(11-18)14-29-10-2-5-19(15-29)31-24-13-23(27)22(12-21(24)17-6-7-17)25(30)28-32-20-8-9-20;1-31-27-23(29)19-10-18(14-4-5-14)22(11-21(19)26)30-17-3-2-8-28(13-17)12-15-6-7-16(24)9-20(15)25/h1,3-4,11-13,17,19-20H,2,5-10,14-15H2,(H,28,30);6-7,9-11,14,17H,2-5,8,12-13H2,1H3,(H,27,29)/t19-;17-/m11/s1. The van der Waals surface area contributed by atoms with E-state index in [-0.39, 0.29) is 29.2 Å². The number of ether oxygens (including phenoxy) is 2. The van der Waals surface area contributed by atoms with Crippen LogP contribution in [0.15, 0.2) is 66.7 Å². The molecule has 2 N–H and O–H groups in total. The average Bonchev–Trinajstić information content (AvgIpc) is 4.09. The molecule has 5 aliphatic rings. The molecule has 0 unspecified atom stereocenters. The Morgan fingerprint density at radius 2 is 1.24 bits per heavy atom. The van der Waals surface area contributed by atoms with E-state index in [1.807, 2.05) is 30.3 Å². The number of rotatable bonds is 15. The Labute approximate surface area is 392 Å². The van der Waals surface area contributed by atoms with Gasteiger partial charge in [-0.05, 0) is 160 Å². The van der Waals surface area contributed by atoms with E-state index in [0.717, 1.165) is 131 Å². The molecule has 8 nitrogen and oxygen atoms in total. The van der Waals surface area contributed by atoms with Crippen molar-refractivity contribution < 1.29 is 27.8 Å². The monoisotopic (exact) mass is 956 g/mol. The van der Waals surface area contributed by atoms with E-state index >= 15 is 0 Å². The summed E-state index contributed by atoms with van der Waals surface area (Å²) in [6, 6.07) is 19.7. The zero-order chi connectivity index (χ0) is 44.0. The van der Waals surface area contributed by atoms with Crippen LogP contribution < -0.4 is 18.9 Å². The lowest BCUT2D eigenvalue weighted by Gasteiger charge is -2.33. The van der Waals surface area contributed by atoms with Gasteiger partial charge in [-0.15, -0.1) is 0 Å². The van der Waals surface area contributed by atoms with E-state index in [4.69, 9.17) is 44.3 Å². The van der Waals surface area contributed by atoms with Gasteiger partial charge in [-0.3, -0.25) is 28.8 Å². The van der Waals surface area contributed by atoms with Crippen molar-refractivity contribution in [3.05, 3.63) is 127 Å². The quantitative estimate of drug-likeness (QED) is 0.114. The number of benzene rings is 4. The summed E-state index contributed by atoms with van der Waals surface area (Å²) in [6.45, 7) is 5.03. The first kappa shape index (κ1) is 46.3. The molecule has 3 aliphatic carbocycles. The van der Waals surface area contributed by atoms with Crippen molar-refractivity contribution >= 4 is 70.5 Å². The molecular weight excluding hydrogens is 905 g/mol. The molecule has 0 spiro atoms. The molecule has 2 atom stereocenters. The number of halogens is 5. The fraction of sp³-hybridized carbons (Fsp3) is 0.458. The highest BCUT2D eigenvalue weighted by Crippen LogP contribution is 2.47. The Morgan fingerprint density at radius 1 is 0.683 bits per heavy atom. The van der Waals surface area contributed by atoms with Crippen LogP contribution in [-0.4, -0.2) is 71.5 Å². The molecular formula is C48H53Cl3F2N4O4S2. The van der Waals surface area contributed by atoms with Gasteiger partial charge in [0.1, 0.15) is 35.3 Å². The Hall–Kier alpha value is -3.23. The van der Waals surface area contributed by atoms with Crippen molar-refractivity contribution in [2.45, 2.75) is 107 Å². The lowest BCUT2D eigenvalue weighted by Crippen LogP contribution is -2.40. The summed E-state index contributed by atoms with van der Waals surface area (Å²) in [5, 5.41) is 2.51. The molecule has 336 valence electrons. The molecule has 2 heterocycles. The van der Waals surface area contributed by atoms with Crippen LogP contribution in [0.1, 0.15) is 119 Å². The predicted molar refractivity (Wildman–Crippen MR) is 252 cm³/mol. The fourth-order valence-electron chi connectivity index (χ4n) is 8.30. The minimum Gasteiger partial charge on any atom is -0.489 e. The molecule has 15 heteroatoms. The molecule has 5 fully saturated rings. The van der Waals surface area contributed by atoms with Gasteiger partial charge in [-0.1, -0.05) is 64.9 Å². The first-order chi connectivity index (χ1) is 30.5. The number of hydrogen-bond donors (Lipinski definition) is 2. The van der Waals surface area contributed by atoms with Crippen LogP contribution in [0.4, 0.5) is 8.78 Å². The number of carbonyl (C=O) groups is 2. The van der Waals surface area contributed by atoms with Crippen LogP contribution in [0.25, 0.3) is 0 Å². The summed E-state index contributed by atoms with van der Waals surface area (Å²) >= 11 is 21.0. The minimum absolute atomic E-state index is 0.00457. The summed E-state index contributed by atoms with van der Waals surface area (Å²) in [4.78, 5) is 29.4. The highest BCUT2D eigenvalue weighted by Gasteiger charge is 2.33. The summed E-state index contributed by atoms with van der Waals surface area (Å²) in [5.74, 6) is 0.0447. The minimum atomic E-state index is -0.549. The molecule has 0 aromatic heterocycles. The van der Waals surface area contributed by atoms with E-state index in [1.54, 1.807) is 24.5 Å². The number of amides is 2. The molecule has 2 aliphatic heterocycles. The van der Waals surface area contributed by atoms with Gasteiger partial charge < -0.3 is 9.47 Å². The first-order valence-electron chi connectivity index (χ1n) is 21.9. The summed E-state index contributed by atoms with van der Waals surface area (Å²) in [5.41, 5.74) is 4.32. The van der Waals surface area contributed by atoms with E-state index in [0.29, 0.717) is 45.2 Å². The summed E-state index contributed by atoms with van der Waals surface area (Å²) in [7, 11) is 0. The van der Waals surface area contributed by atoms with Crippen molar-refractivity contribution in [2.75, 3.05) is 32.4 Å². The lowest BCUT2D eigenvalue weighted by atomic mass is 10.0. The highest BCUT2D eigenvalue weighted by atomic mass is 35.5. The molecule has 2 saturated heterocycles. The van der Waals surface area contributed by atoms with E-state index in [1.165, 1.54) is 29.6 Å². The van der Waals surface area contributed by atoms with Gasteiger partial charge in [0.15, 0.2) is 0 Å². The average molecular weight is 958 g/mol. The van der Waals surface area contributed by atoms with Crippen molar-refractivity contribution in [3.63, 3.8) is 0 Å². The number of carbonyl (C=O) groups excluding carboxylic acids is 2. The van der Waals surface area contributed by atoms with Gasteiger partial charge >= 0.3 is 0 Å². The summed E-state index contributed by atoms with van der Waals surface area (Å²) < 4.78 is 47.7. The Bertz CT molecular complexity index is 2280. The molecule has 2 amide bonds. The highest BCUT2D eigenvalue weighted by molar-refractivity contribution is 7.98. The maximum absolute atomic E-state index is 14.9. The third kappa shape index (κ3) is 13.0. The molecule has 0 bridgehead atoms. The van der Waals surface area contributed by atoms with Crippen LogP contribution in [0, 0.1) is 11.6 Å². The van der Waals surface area contributed by atoms with Crippen LogP contribution >= 0.6 is 58.7 Å². The third-order valence-electron chi connectivity index (χ3n) is 12.0. The topological polar surface area (TPSA) is 83.1 Å². The van der Waals surface area contributed by atoms with Crippen LogP contribution in [-0.2, 0) is 13.1 Å². The Kier molecular flexibility index (Phi) is 15.7. The van der Waals surface area contributed by atoms with Gasteiger partial charge in [0.05, 0.1) is 11.1 Å². The van der Waals surface area contributed by atoms with E-state index in [2.05, 4.69) is 25.3 Å². The first-order valence-corrected chi connectivity index (χ1v) is 25.2. The Balaban J connectivity index is 0.000000173. The van der Waals surface area contributed by atoms with E-state index < -0.39 is 17.5 Å². The van der Waals surface area contributed by atoms with Gasteiger partial charge in [0.25, 0.3) is 11.8 Å². The SMILES string of the molecule is CSNC(=O)c1cc(C2CC2)c(O[C@@H]2CCCN(Cc3ccc(Cl)cc3Cl)C2)cc1F.O=C(NSC1CC1)c1cc(C2CC2)c(O[C@@H]2CCCN(Cc3cccc(Cl)c3)C2)cc1F. The van der Waals surface area contributed by atoms with Gasteiger partial charge in [-0.25, -0.2) is 8.78 Å². The Morgan fingerprint density at radius 3 is 1.76 bits per heavy atom. The second kappa shape index (κ2) is 21.4. The number of nitrogens with zero attached hydrogens (tertiary/aromatic N) is 2.